The van der Waals surface area contributed by atoms with Gasteiger partial charge in [0.05, 0.1) is 0 Å². The molecule has 0 saturated carbocycles. The van der Waals surface area contributed by atoms with Crippen LogP contribution in [0.2, 0.25) is 0 Å². The molecule has 2 amide bonds. The monoisotopic (exact) mass is 374 g/mol. The number of hydrogen-bond acceptors (Lipinski definition) is 2. The van der Waals surface area contributed by atoms with Crippen LogP contribution in [0.4, 0.5) is 20.2 Å². The maximum Gasteiger partial charge on any atom is 0.239 e. The third-order valence-electron chi connectivity index (χ3n) is 4.32. The minimum absolute atomic E-state index is 0.00781. The zero-order valence-electron chi connectivity index (χ0n) is 16.1. The van der Waals surface area contributed by atoms with Crippen LogP contribution >= 0.6 is 0 Å². The molecule has 0 saturated heterocycles. The fraction of sp³-hybridized carbons (Fsp3) is 0.333. The predicted octanol–water partition coefficient (Wildman–Crippen LogP) is 4.87. The van der Waals surface area contributed by atoms with Gasteiger partial charge in [-0.2, -0.15) is 0 Å². The Morgan fingerprint density at radius 3 is 1.70 bits per heavy atom. The molecule has 0 bridgehead atoms. The lowest BCUT2D eigenvalue weighted by Gasteiger charge is -2.23. The number of carbonyl (C=O) groups excluding carboxylic acids is 2. The number of anilines is 2. The van der Waals surface area contributed by atoms with Crippen molar-refractivity contribution in [3.8, 4) is 0 Å². The lowest BCUT2D eigenvalue weighted by atomic mass is 9.87. The molecule has 2 aromatic carbocycles. The molecule has 2 rings (SSSR count). The largest absolute Gasteiger partial charge is 0.325 e. The second-order valence-electron chi connectivity index (χ2n) is 7.99. The Hall–Kier alpha value is -2.76. The zero-order chi connectivity index (χ0) is 20.4. The first kappa shape index (κ1) is 20.6. The molecule has 2 N–H and O–H groups in total. The van der Waals surface area contributed by atoms with Crippen molar-refractivity contribution in [2.24, 2.45) is 5.41 Å². The van der Waals surface area contributed by atoms with Gasteiger partial charge in [-0.15, -0.1) is 0 Å². The Kier molecular flexibility index (Phi) is 5.68. The van der Waals surface area contributed by atoms with Crippen LogP contribution in [-0.4, -0.2) is 11.8 Å². The van der Waals surface area contributed by atoms with Gasteiger partial charge < -0.3 is 10.6 Å². The highest BCUT2D eigenvalue weighted by atomic mass is 19.2. The minimum atomic E-state index is -1.42. The summed E-state index contributed by atoms with van der Waals surface area (Å²) in [6.45, 7) is 9.19. The Balaban J connectivity index is 2.09. The lowest BCUT2D eigenvalue weighted by Crippen LogP contribution is -2.41. The quantitative estimate of drug-likeness (QED) is 0.751. The smallest absolute Gasteiger partial charge is 0.239 e. The van der Waals surface area contributed by atoms with E-state index in [0.29, 0.717) is 5.69 Å². The molecular weight excluding hydrogens is 350 g/mol. The van der Waals surface area contributed by atoms with E-state index in [1.54, 1.807) is 12.1 Å². The predicted molar refractivity (Wildman–Crippen MR) is 103 cm³/mol. The van der Waals surface area contributed by atoms with Crippen LogP contribution in [-0.2, 0) is 15.0 Å². The van der Waals surface area contributed by atoms with Gasteiger partial charge in [0.25, 0.3) is 0 Å². The van der Waals surface area contributed by atoms with Crippen LogP contribution in [0.5, 0.6) is 0 Å². The van der Waals surface area contributed by atoms with E-state index in [1.807, 2.05) is 12.1 Å². The van der Waals surface area contributed by atoms with E-state index in [2.05, 4.69) is 31.4 Å². The molecule has 4 nitrogen and oxygen atoms in total. The molecule has 0 fully saturated rings. The van der Waals surface area contributed by atoms with Crippen molar-refractivity contribution in [2.45, 2.75) is 40.0 Å². The van der Waals surface area contributed by atoms with Gasteiger partial charge in [0.15, 0.2) is 11.6 Å². The second-order valence-corrected chi connectivity index (χ2v) is 7.99. The molecule has 0 heterocycles. The van der Waals surface area contributed by atoms with Gasteiger partial charge in [0.2, 0.25) is 11.8 Å². The molecule has 144 valence electrons. The Labute approximate surface area is 158 Å². The van der Waals surface area contributed by atoms with Crippen molar-refractivity contribution in [2.75, 3.05) is 10.6 Å². The molecule has 0 radical (unpaired) electrons. The van der Waals surface area contributed by atoms with Gasteiger partial charge in [-0.1, -0.05) is 32.9 Å². The summed E-state index contributed by atoms with van der Waals surface area (Å²) in [5.41, 5.74) is 0.339. The number of nitrogens with one attached hydrogen (secondary N) is 2. The van der Waals surface area contributed by atoms with E-state index >= 15 is 0 Å². The minimum Gasteiger partial charge on any atom is -0.325 e. The molecule has 0 aliphatic carbocycles. The summed E-state index contributed by atoms with van der Waals surface area (Å²) in [4.78, 5) is 25.0. The second kappa shape index (κ2) is 7.47. The standard InChI is InChI=1S/C21H24F2N2O2/c1-20(2,3)13-6-8-14(9-7-13)24-18(26)21(4,5)19(27)25-15-10-11-16(22)17(23)12-15/h6-12H,1-5H3,(H,24,26)(H,25,27). The highest BCUT2D eigenvalue weighted by Gasteiger charge is 2.36. The van der Waals surface area contributed by atoms with Crippen molar-refractivity contribution >= 4 is 23.2 Å². The fourth-order valence-corrected chi connectivity index (χ4v) is 2.31. The number of amides is 2. The van der Waals surface area contributed by atoms with E-state index in [0.717, 1.165) is 17.7 Å². The van der Waals surface area contributed by atoms with Crippen molar-refractivity contribution in [3.05, 3.63) is 59.7 Å². The highest BCUT2D eigenvalue weighted by molar-refractivity contribution is 6.13. The van der Waals surface area contributed by atoms with Crippen LogP contribution in [0.15, 0.2) is 42.5 Å². The number of benzene rings is 2. The first-order valence-corrected chi connectivity index (χ1v) is 8.60. The Morgan fingerprint density at radius 1 is 0.741 bits per heavy atom. The maximum atomic E-state index is 13.3. The maximum absolute atomic E-state index is 13.3. The summed E-state index contributed by atoms with van der Waals surface area (Å²) in [6.07, 6.45) is 0. The zero-order valence-corrected chi connectivity index (χ0v) is 16.1. The average molecular weight is 374 g/mol. The van der Waals surface area contributed by atoms with Crippen LogP contribution in [0, 0.1) is 17.0 Å². The Morgan fingerprint density at radius 2 is 1.22 bits per heavy atom. The molecule has 6 heteroatoms. The summed E-state index contributed by atoms with van der Waals surface area (Å²) in [7, 11) is 0. The third kappa shape index (κ3) is 4.90. The first-order chi connectivity index (χ1) is 12.4. The number of halogens is 2. The van der Waals surface area contributed by atoms with Gasteiger partial charge in [0.1, 0.15) is 5.41 Å². The van der Waals surface area contributed by atoms with E-state index in [4.69, 9.17) is 0 Å². The number of carbonyl (C=O) groups is 2. The SMILES string of the molecule is CC(C)(C(=O)Nc1ccc(C(C)(C)C)cc1)C(=O)Nc1ccc(F)c(F)c1. The summed E-state index contributed by atoms with van der Waals surface area (Å²) < 4.78 is 26.3. The van der Waals surface area contributed by atoms with Gasteiger partial charge in [-0.3, -0.25) is 9.59 Å². The number of hydrogen-bond donors (Lipinski definition) is 2. The molecule has 0 aromatic heterocycles. The third-order valence-corrected chi connectivity index (χ3v) is 4.32. The van der Waals surface area contributed by atoms with Gasteiger partial charge >= 0.3 is 0 Å². The van der Waals surface area contributed by atoms with E-state index < -0.39 is 28.9 Å². The topological polar surface area (TPSA) is 58.2 Å². The summed E-state index contributed by atoms with van der Waals surface area (Å²) >= 11 is 0. The summed E-state index contributed by atoms with van der Waals surface area (Å²) in [5.74, 6) is -3.22. The average Bonchev–Trinajstić information content (AvgIpc) is 2.57. The van der Waals surface area contributed by atoms with E-state index in [9.17, 15) is 18.4 Å². The number of rotatable bonds is 4. The van der Waals surface area contributed by atoms with Crippen molar-refractivity contribution in [3.63, 3.8) is 0 Å². The molecule has 2 aromatic rings. The fourth-order valence-electron chi connectivity index (χ4n) is 2.31. The molecule has 0 aliphatic heterocycles. The van der Waals surface area contributed by atoms with Crippen molar-refractivity contribution in [1.29, 1.82) is 0 Å². The lowest BCUT2D eigenvalue weighted by molar-refractivity contribution is -0.135. The summed E-state index contributed by atoms with van der Waals surface area (Å²) in [5, 5.41) is 5.15. The van der Waals surface area contributed by atoms with Crippen LogP contribution in [0.1, 0.15) is 40.2 Å². The molecule has 0 aliphatic rings. The van der Waals surface area contributed by atoms with Crippen LogP contribution in [0.25, 0.3) is 0 Å². The van der Waals surface area contributed by atoms with Crippen LogP contribution < -0.4 is 10.6 Å². The Bertz CT molecular complexity index is 853. The molecule has 0 atom stereocenters. The first-order valence-electron chi connectivity index (χ1n) is 8.60. The molecular formula is C21H24F2N2O2. The van der Waals surface area contributed by atoms with E-state index in [1.165, 1.54) is 19.9 Å². The van der Waals surface area contributed by atoms with Gasteiger partial charge in [-0.05, 0) is 49.1 Å². The molecule has 27 heavy (non-hydrogen) atoms. The molecule has 0 unspecified atom stereocenters. The van der Waals surface area contributed by atoms with Crippen molar-refractivity contribution in [1.82, 2.24) is 0 Å². The van der Waals surface area contributed by atoms with E-state index in [-0.39, 0.29) is 11.1 Å². The van der Waals surface area contributed by atoms with Gasteiger partial charge in [0, 0.05) is 17.4 Å². The van der Waals surface area contributed by atoms with Crippen LogP contribution in [0.3, 0.4) is 0 Å². The normalized spacial score (nSPS) is 11.8. The molecule has 0 spiro atoms. The highest BCUT2D eigenvalue weighted by Crippen LogP contribution is 2.25. The summed E-state index contributed by atoms with van der Waals surface area (Å²) in [6, 6.07) is 10.4. The van der Waals surface area contributed by atoms with Crippen molar-refractivity contribution < 1.29 is 18.4 Å². The van der Waals surface area contributed by atoms with Gasteiger partial charge in [-0.25, -0.2) is 8.78 Å².